The molecule has 0 radical (unpaired) electrons. The molecule has 0 unspecified atom stereocenters. The summed E-state index contributed by atoms with van der Waals surface area (Å²) >= 11 is 1.75. The smallest absolute Gasteiger partial charge is 0.219 e. The third-order valence-corrected chi connectivity index (χ3v) is 10.2. The molecule has 1 aromatic carbocycles. The zero-order chi connectivity index (χ0) is 29.8. The number of carbonyl (C=O) groups is 1. The first-order chi connectivity index (χ1) is 21.0. The average Bonchev–Trinajstić information content (AvgIpc) is 3.67. The lowest BCUT2D eigenvalue weighted by Gasteiger charge is -2.39. The van der Waals surface area contributed by atoms with Crippen LogP contribution in [0.15, 0.2) is 59.9 Å². The number of rotatable bonds is 9. The topological polar surface area (TPSA) is 95.4 Å². The molecule has 2 fully saturated rings. The Kier molecular flexibility index (Phi) is 8.82. The van der Waals surface area contributed by atoms with Crippen molar-refractivity contribution in [2.24, 2.45) is 0 Å². The van der Waals surface area contributed by atoms with Crippen LogP contribution < -0.4 is 0 Å². The number of amides is 1. The molecule has 0 bridgehead atoms. The van der Waals surface area contributed by atoms with Crippen LogP contribution in [0.2, 0.25) is 0 Å². The number of hydrogen-bond acceptors (Lipinski definition) is 7. The van der Waals surface area contributed by atoms with Gasteiger partial charge in [0.1, 0.15) is 0 Å². The summed E-state index contributed by atoms with van der Waals surface area (Å²) in [6, 6.07) is 15.6. The summed E-state index contributed by atoms with van der Waals surface area (Å²) in [5.74, 6) is 1.36. The normalized spacial score (nSPS) is 21.2. The average molecular weight is 597 g/mol. The molecule has 1 aliphatic heterocycles. The Labute approximate surface area is 257 Å². The Morgan fingerprint density at radius 2 is 1.86 bits per heavy atom. The van der Waals surface area contributed by atoms with Gasteiger partial charge >= 0.3 is 0 Å². The molecule has 0 N–H and O–H groups in total. The van der Waals surface area contributed by atoms with Gasteiger partial charge < -0.3 is 4.90 Å². The molecule has 10 heteroatoms. The van der Waals surface area contributed by atoms with E-state index in [-0.39, 0.29) is 11.3 Å². The van der Waals surface area contributed by atoms with Gasteiger partial charge in [0.25, 0.3) is 0 Å². The van der Waals surface area contributed by atoms with Crippen LogP contribution in [0.3, 0.4) is 0 Å². The summed E-state index contributed by atoms with van der Waals surface area (Å²) in [6.07, 6.45) is 13.4. The molecule has 43 heavy (non-hydrogen) atoms. The van der Waals surface area contributed by atoms with Gasteiger partial charge in [-0.05, 0) is 67.2 Å². The minimum absolute atomic E-state index is 0.0743. The van der Waals surface area contributed by atoms with Crippen molar-refractivity contribution in [2.75, 3.05) is 39.0 Å². The van der Waals surface area contributed by atoms with Crippen LogP contribution in [-0.4, -0.2) is 79.1 Å². The minimum Gasteiger partial charge on any atom is -0.340 e. The Morgan fingerprint density at radius 3 is 2.56 bits per heavy atom. The second-order valence-corrected chi connectivity index (χ2v) is 12.9. The van der Waals surface area contributed by atoms with Crippen LogP contribution >= 0.6 is 11.8 Å². The van der Waals surface area contributed by atoms with Gasteiger partial charge in [-0.2, -0.15) is 15.5 Å². The number of piperazine rings is 1. The van der Waals surface area contributed by atoms with E-state index in [9.17, 15) is 10.1 Å². The maximum Gasteiger partial charge on any atom is 0.219 e. The van der Waals surface area contributed by atoms with Crippen molar-refractivity contribution < 1.29 is 4.79 Å². The number of nitrogens with zero attached hydrogens (tertiary/aromatic N) is 8. The lowest BCUT2D eigenvalue weighted by Crippen LogP contribution is -2.48. The molecule has 1 saturated heterocycles. The van der Waals surface area contributed by atoms with E-state index in [4.69, 9.17) is 10.1 Å². The number of thioether (sulfide) groups is 1. The van der Waals surface area contributed by atoms with E-state index in [2.05, 4.69) is 64.9 Å². The maximum absolute atomic E-state index is 11.6. The highest BCUT2D eigenvalue weighted by Crippen LogP contribution is 2.47. The first-order valence-electron chi connectivity index (χ1n) is 15.3. The number of pyridine rings is 1. The zero-order valence-corrected chi connectivity index (χ0v) is 26.0. The fourth-order valence-corrected chi connectivity index (χ4v) is 7.25. The molecule has 3 aromatic heterocycles. The van der Waals surface area contributed by atoms with Gasteiger partial charge in [0, 0.05) is 80.8 Å². The third kappa shape index (κ3) is 6.48. The molecule has 1 aliphatic carbocycles. The lowest BCUT2D eigenvalue weighted by atomic mass is 9.64. The van der Waals surface area contributed by atoms with E-state index in [0.29, 0.717) is 18.8 Å². The largest absolute Gasteiger partial charge is 0.340 e. The minimum atomic E-state index is -0.0743. The summed E-state index contributed by atoms with van der Waals surface area (Å²) < 4.78 is 3.92. The highest BCUT2D eigenvalue weighted by atomic mass is 32.2. The van der Waals surface area contributed by atoms with Gasteiger partial charge in [-0.25, -0.2) is 9.50 Å². The first kappa shape index (κ1) is 29.4. The van der Waals surface area contributed by atoms with E-state index in [0.717, 1.165) is 82.0 Å². The Bertz CT molecular complexity index is 1590. The summed E-state index contributed by atoms with van der Waals surface area (Å²) in [4.78, 5) is 22.1. The zero-order valence-electron chi connectivity index (χ0n) is 25.2. The molecule has 6 rings (SSSR count). The SMILES string of the molecule is CSc1ccc(C2(CC#N)CCC(c3cccn4nc(Cc5cnn(CCN6CCN(C(C)=O)CC6)c5)nc34)CC2)cc1. The fraction of sp³-hybridized carbons (Fsp3) is 0.485. The lowest BCUT2D eigenvalue weighted by molar-refractivity contribution is -0.130. The standard InChI is InChI=1S/C33H40N8OS/c1-25(42)39-19-16-38(17-20-39)18-21-40-24-26(23-35-40)22-31-36-32-30(4-3-15-41(32)37-31)27-9-11-33(12-10-27,13-14-34)28-5-7-29(43-2)8-6-28/h3-8,15,23-24,27H,9-13,16-22H2,1-2H3. The fourth-order valence-electron chi connectivity index (χ4n) is 6.84. The van der Waals surface area contributed by atoms with Crippen molar-refractivity contribution in [3.05, 3.63) is 77.5 Å². The molecule has 0 atom stereocenters. The summed E-state index contributed by atoms with van der Waals surface area (Å²) in [5.41, 5.74) is 4.52. The van der Waals surface area contributed by atoms with Gasteiger partial charge in [-0.3, -0.25) is 14.4 Å². The molecule has 4 aromatic rings. The van der Waals surface area contributed by atoms with Crippen molar-refractivity contribution in [2.45, 2.75) is 68.2 Å². The van der Waals surface area contributed by atoms with Gasteiger partial charge in [0.15, 0.2) is 11.5 Å². The number of hydrogen-bond donors (Lipinski definition) is 0. The predicted molar refractivity (Wildman–Crippen MR) is 168 cm³/mol. The number of benzene rings is 1. The molecular formula is C33H40N8OS. The Morgan fingerprint density at radius 1 is 1.09 bits per heavy atom. The van der Waals surface area contributed by atoms with Crippen LogP contribution in [0.25, 0.3) is 5.65 Å². The van der Waals surface area contributed by atoms with E-state index in [1.165, 1.54) is 16.0 Å². The Balaban J connectivity index is 1.09. The number of carbonyl (C=O) groups excluding carboxylic acids is 1. The predicted octanol–water partition coefficient (Wildman–Crippen LogP) is 4.91. The quantitative estimate of drug-likeness (QED) is 0.253. The molecule has 0 spiro atoms. The third-order valence-electron chi connectivity index (χ3n) is 9.45. The highest BCUT2D eigenvalue weighted by molar-refractivity contribution is 7.98. The van der Waals surface area contributed by atoms with E-state index >= 15 is 0 Å². The first-order valence-corrected chi connectivity index (χ1v) is 16.5. The van der Waals surface area contributed by atoms with Gasteiger partial charge in [0.05, 0.1) is 18.8 Å². The van der Waals surface area contributed by atoms with Crippen molar-refractivity contribution in [3.63, 3.8) is 0 Å². The number of aromatic nitrogens is 5. The second kappa shape index (κ2) is 12.9. The second-order valence-electron chi connectivity index (χ2n) is 12.0. The van der Waals surface area contributed by atoms with Crippen molar-refractivity contribution in [3.8, 4) is 6.07 Å². The van der Waals surface area contributed by atoms with E-state index < -0.39 is 0 Å². The van der Waals surface area contributed by atoms with Gasteiger partial charge in [-0.15, -0.1) is 11.8 Å². The molecule has 9 nitrogen and oxygen atoms in total. The van der Waals surface area contributed by atoms with Crippen LogP contribution in [0.5, 0.6) is 0 Å². The molecule has 2 aliphatic rings. The maximum atomic E-state index is 11.6. The van der Waals surface area contributed by atoms with Crippen molar-refractivity contribution in [1.82, 2.24) is 34.2 Å². The summed E-state index contributed by atoms with van der Waals surface area (Å²) in [5, 5.41) is 19.1. The van der Waals surface area contributed by atoms with Crippen molar-refractivity contribution in [1.29, 1.82) is 5.26 Å². The number of nitriles is 1. The monoisotopic (exact) mass is 596 g/mol. The molecule has 1 amide bonds. The summed E-state index contributed by atoms with van der Waals surface area (Å²) in [7, 11) is 0. The highest BCUT2D eigenvalue weighted by Gasteiger charge is 2.38. The van der Waals surface area contributed by atoms with Crippen LogP contribution in [0, 0.1) is 11.3 Å². The van der Waals surface area contributed by atoms with Gasteiger partial charge in [-0.1, -0.05) is 18.2 Å². The molecule has 1 saturated carbocycles. The molecule has 4 heterocycles. The number of fused-ring (bicyclic) bond motifs is 1. The van der Waals surface area contributed by atoms with Crippen LogP contribution in [0.1, 0.15) is 67.5 Å². The van der Waals surface area contributed by atoms with E-state index in [1.54, 1.807) is 18.7 Å². The van der Waals surface area contributed by atoms with Gasteiger partial charge in [0.2, 0.25) is 5.91 Å². The summed E-state index contributed by atoms with van der Waals surface area (Å²) in [6.45, 7) is 6.80. The van der Waals surface area contributed by atoms with Crippen LogP contribution in [0.4, 0.5) is 0 Å². The Hall–Kier alpha value is -3.68. The van der Waals surface area contributed by atoms with E-state index in [1.807, 2.05) is 26.5 Å². The van der Waals surface area contributed by atoms with Crippen LogP contribution in [-0.2, 0) is 23.2 Å². The van der Waals surface area contributed by atoms with Crippen molar-refractivity contribution >= 4 is 23.3 Å². The molecule has 224 valence electrons. The molecular weight excluding hydrogens is 556 g/mol.